The van der Waals surface area contributed by atoms with Crippen LogP contribution < -0.4 is 4.90 Å². The molecule has 0 N–H and O–H groups in total. The van der Waals surface area contributed by atoms with E-state index in [9.17, 15) is 4.79 Å². The monoisotopic (exact) mass is 364 g/mol. The van der Waals surface area contributed by atoms with Crippen LogP contribution in [-0.4, -0.2) is 37.6 Å². The van der Waals surface area contributed by atoms with Crippen molar-refractivity contribution in [2.45, 2.75) is 13.5 Å². The molecule has 2 aromatic heterocycles. The molecule has 0 saturated heterocycles. The Balaban J connectivity index is 1.54. The van der Waals surface area contributed by atoms with Gasteiger partial charge in [-0.2, -0.15) is 4.80 Å². The van der Waals surface area contributed by atoms with E-state index in [4.69, 9.17) is 0 Å². The van der Waals surface area contributed by atoms with Crippen molar-refractivity contribution in [3.8, 4) is 11.4 Å². The van der Waals surface area contributed by atoms with Crippen molar-refractivity contribution in [1.29, 1.82) is 0 Å². The fourth-order valence-corrected chi connectivity index (χ4v) is 3.66. The van der Waals surface area contributed by atoms with Crippen molar-refractivity contribution in [3.05, 3.63) is 54.6 Å². The van der Waals surface area contributed by atoms with Gasteiger partial charge in [-0.25, -0.2) is 4.98 Å². The number of thiazole rings is 1. The number of para-hydroxylation sites is 1. The molecule has 0 aliphatic rings. The fraction of sp³-hybridized carbons (Fsp3) is 0.167. The van der Waals surface area contributed by atoms with E-state index in [0.29, 0.717) is 17.5 Å². The maximum Gasteiger partial charge on any atom is 0.252 e. The van der Waals surface area contributed by atoms with Crippen LogP contribution in [0, 0.1) is 0 Å². The van der Waals surface area contributed by atoms with E-state index >= 15 is 0 Å². The average molecular weight is 364 g/mol. The lowest BCUT2D eigenvalue weighted by atomic mass is 10.2. The zero-order valence-electron chi connectivity index (χ0n) is 14.1. The second-order valence-corrected chi connectivity index (χ2v) is 6.62. The molecule has 0 saturated carbocycles. The van der Waals surface area contributed by atoms with Crippen molar-refractivity contribution in [2.24, 2.45) is 0 Å². The van der Waals surface area contributed by atoms with Gasteiger partial charge in [-0.15, -0.1) is 10.2 Å². The van der Waals surface area contributed by atoms with E-state index in [1.807, 2.05) is 61.5 Å². The summed E-state index contributed by atoms with van der Waals surface area (Å²) in [7, 11) is 0. The first-order valence-electron chi connectivity index (χ1n) is 8.24. The largest absolute Gasteiger partial charge is 0.287 e. The number of anilines is 1. The quantitative estimate of drug-likeness (QED) is 0.544. The van der Waals surface area contributed by atoms with Gasteiger partial charge in [-0.05, 0) is 24.3 Å². The van der Waals surface area contributed by atoms with Crippen LogP contribution in [0.3, 0.4) is 0 Å². The molecule has 0 spiro atoms. The SMILES string of the molecule is CCN(C(=O)Cn1nnc(-c2ccccc2)n1)c1nc2ccccc2s1. The van der Waals surface area contributed by atoms with E-state index in [2.05, 4.69) is 20.4 Å². The molecule has 7 nitrogen and oxygen atoms in total. The van der Waals surface area contributed by atoms with Gasteiger partial charge in [0.2, 0.25) is 5.82 Å². The molecular weight excluding hydrogens is 348 g/mol. The molecule has 130 valence electrons. The van der Waals surface area contributed by atoms with Crippen molar-refractivity contribution in [3.63, 3.8) is 0 Å². The zero-order valence-corrected chi connectivity index (χ0v) is 14.9. The van der Waals surface area contributed by atoms with Gasteiger partial charge in [0.15, 0.2) is 5.13 Å². The lowest BCUT2D eigenvalue weighted by Crippen LogP contribution is -2.34. The predicted octanol–water partition coefficient (Wildman–Crippen LogP) is 3.00. The molecule has 1 amide bonds. The maximum absolute atomic E-state index is 12.7. The smallest absolute Gasteiger partial charge is 0.252 e. The second kappa shape index (κ2) is 7.01. The maximum atomic E-state index is 12.7. The first-order valence-corrected chi connectivity index (χ1v) is 9.05. The number of rotatable bonds is 5. The normalized spacial score (nSPS) is 11.0. The number of nitrogens with zero attached hydrogens (tertiary/aromatic N) is 6. The molecular formula is C18H16N6OS. The van der Waals surface area contributed by atoms with Gasteiger partial charge in [-0.1, -0.05) is 53.8 Å². The Hall–Kier alpha value is -3.13. The molecule has 2 heterocycles. The summed E-state index contributed by atoms with van der Waals surface area (Å²) in [6.45, 7) is 2.47. The molecule has 4 aromatic rings. The molecule has 0 aliphatic heterocycles. The zero-order chi connectivity index (χ0) is 17.9. The van der Waals surface area contributed by atoms with Gasteiger partial charge in [0.25, 0.3) is 5.91 Å². The summed E-state index contributed by atoms with van der Waals surface area (Å²) in [5.74, 6) is 0.380. The van der Waals surface area contributed by atoms with Crippen LogP contribution in [0.2, 0.25) is 0 Å². The molecule has 0 atom stereocenters. The Morgan fingerprint density at radius 2 is 1.88 bits per heavy atom. The number of carbonyl (C=O) groups is 1. The van der Waals surface area contributed by atoms with Crippen LogP contribution in [-0.2, 0) is 11.3 Å². The molecule has 4 rings (SSSR count). The lowest BCUT2D eigenvalue weighted by molar-refractivity contribution is -0.119. The molecule has 8 heteroatoms. The van der Waals surface area contributed by atoms with E-state index in [0.717, 1.165) is 15.8 Å². The Labute approximate surface area is 153 Å². The number of amides is 1. The van der Waals surface area contributed by atoms with Gasteiger partial charge in [0.05, 0.1) is 10.2 Å². The number of benzene rings is 2. The van der Waals surface area contributed by atoms with E-state index in [1.54, 1.807) is 4.90 Å². The number of carbonyl (C=O) groups excluding carboxylic acids is 1. The van der Waals surface area contributed by atoms with Crippen LogP contribution in [0.4, 0.5) is 5.13 Å². The van der Waals surface area contributed by atoms with Gasteiger partial charge < -0.3 is 0 Å². The first-order chi connectivity index (χ1) is 12.7. The van der Waals surface area contributed by atoms with Gasteiger partial charge in [-0.3, -0.25) is 9.69 Å². The second-order valence-electron chi connectivity index (χ2n) is 5.61. The van der Waals surface area contributed by atoms with Crippen LogP contribution in [0.25, 0.3) is 21.6 Å². The van der Waals surface area contributed by atoms with Crippen molar-refractivity contribution in [1.82, 2.24) is 25.2 Å². The highest BCUT2D eigenvalue weighted by Crippen LogP contribution is 2.28. The molecule has 0 aliphatic carbocycles. The fourth-order valence-electron chi connectivity index (χ4n) is 2.61. The summed E-state index contributed by atoms with van der Waals surface area (Å²) in [5, 5.41) is 13.0. The number of tetrazole rings is 1. The highest BCUT2D eigenvalue weighted by atomic mass is 32.1. The van der Waals surface area contributed by atoms with Crippen molar-refractivity contribution >= 4 is 32.6 Å². The molecule has 0 fully saturated rings. The van der Waals surface area contributed by atoms with Crippen LogP contribution in [0.15, 0.2) is 54.6 Å². The topological polar surface area (TPSA) is 76.8 Å². The Bertz CT molecular complexity index is 1010. The highest BCUT2D eigenvalue weighted by Gasteiger charge is 2.19. The summed E-state index contributed by atoms with van der Waals surface area (Å²) in [6, 6.07) is 17.4. The third-order valence-electron chi connectivity index (χ3n) is 3.89. The molecule has 26 heavy (non-hydrogen) atoms. The average Bonchev–Trinajstić information content (AvgIpc) is 3.30. The summed E-state index contributed by atoms with van der Waals surface area (Å²) in [4.78, 5) is 20.3. The first kappa shape index (κ1) is 16.3. The van der Waals surface area contributed by atoms with E-state index in [-0.39, 0.29) is 12.5 Å². The number of aromatic nitrogens is 5. The predicted molar refractivity (Wildman–Crippen MR) is 101 cm³/mol. The lowest BCUT2D eigenvalue weighted by Gasteiger charge is -2.16. The number of fused-ring (bicyclic) bond motifs is 1. The third kappa shape index (κ3) is 3.18. The third-order valence-corrected chi connectivity index (χ3v) is 4.95. The van der Waals surface area contributed by atoms with E-state index < -0.39 is 0 Å². The molecule has 0 unspecified atom stereocenters. The molecule has 2 aromatic carbocycles. The number of hydrogen-bond donors (Lipinski definition) is 0. The van der Waals surface area contributed by atoms with Gasteiger partial charge in [0.1, 0.15) is 6.54 Å². The van der Waals surface area contributed by atoms with E-state index in [1.165, 1.54) is 16.1 Å². The molecule has 0 radical (unpaired) electrons. The summed E-state index contributed by atoms with van der Waals surface area (Å²) in [5.41, 5.74) is 1.76. The van der Waals surface area contributed by atoms with Gasteiger partial charge >= 0.3 is 0 Å². The minimum atomic E-state index is -0.122. The summed E-state index contributed by atoms with van der Waals surface area (Å²) >= 11 is 1.50. The number of hydrogen-bond acceptors (Lipinski definition) is 6. The Morgan fingerprint density at radius 3 is 2.65 bits per heavy atom. The summed E-state index contributed by atoms with van der Waals surface area (Å²) in [6.07, 6.45) is 0. The minimum Gasteiger partial charge on any atom is -0.287 e. The van der Waals surface area contributed by atoms with Crippen LogP contribution >= 0.6 is 11.3 Å². The minimum absolute atomic E-state index is 0.0175. The molecule has 0 bridgehead atoms. The Kier molecular flexibility index (Phi) is 4.40. The standard InChI is InChI=1S/C18H16N6OS/c1-2-23(18-19-14-10-6-7-11-15(14)26-18)16(25)12-24-21-17(20-22-24)13-8-4-3-5-9-13/h3-11H,2,12H2,1H3. The van der Waals surface area contributed by atoms with Crippen molar-refractivity contribution in [2.75, 3.05) is 11.4 Å². The summed E-state index contributed by atoms with van der Waals surface area (Å²) < 4.78 is 1.05. The van der Waals surface area contributed by atoms with Crippen molar-refractivity contribution < 1.29 is 4.79 Å². The van der Waals surface area contributed by atoms with Crippen LogP contribution in [0.1, 0.15) is 6.92 Å². The van der Waals surface area contributed by atoms with Crippen LogP contribution in [0.5, 0.6) is 0 Å². The van der Waals surface area contributed by atoms with Gasteiger partial charge in [0, 0.05) is 12.1 Å². The highest BCUT2D eigenvalue weighted by molar-refractivity contribution is 7.22. The Morgan fingerprint density at radius 1 is 1.12 bits per heavy atom. The number of likely N-dealkylation sites (N-methyl/N-ethyl adjacent to an activating group) is 1.